The first kappa shape index (κ1) is 31.7. The maximum absolute atomic E-state index is 11.1. The largest absolute Gasteiger partial charge is 0.480 e. The quantitative estimate of drug-likeness (QED) is 0.214. The summed E-state index contributed by atoms with van der Waals surface area (Å²) in [6.45, 7) is 5.10. The first-order valence-electron chi connectivity index (χ1n) is 9.38. The standard InChI is InChI=1S/C17H32N4O7.Gd.H2O/c1-14(22)10-18-2-4-19(11-15(23)24)6-8-21(13-17(27)28)9-7-20(5-3-18)12-16(25)26;;/h14,22H,2-13H2,1H3,(H,23,24)(H,25,26)(H,27,28);;1H2/p+1. The van der Waals surface area contributed by atoms with Gasteiger partial charge in [-0.25, -0.2) is 0 Å². The summed E-state index contributed by atoms with van der Waals surface area (Å²) in [5.74, 6) is -2.89. The molecule has 1 rings (SSSR count). The zero-order valence-corrected chi connectivity index (χ0v) is 19.6. The van der Waals surface area contributed by atoms with Gasteiger partial charge in [0.15, 0.2) is 0 Å². The Labute approximate surface area is 208 Å². The number of carboxylic acid groups (broad SMARTS) is 3. The van der Waals surface area contributed by atoms with Crippen molar-refractivity contribution < 1.29 is 80.2 Å². The van der Waals surface area contributed by atoms with E-state index >= 15 is 0 Å². The second kappa shape index (κ2) is 17.1. The number of aliphatic hydroxyl groups is 1. The van der Waals surface area contributed by atoms with Gasteiger partial charge in [0.2, 0.25) is 0 Å². The van der Waals surface area contributed by atoms with E-state index in [1.165, 1.54) is 0 Å². The molecular weight excluding hydrogens is 545 g/mol. The fraction of sp³-hybridized carbons (Fsp3) is 0.824. The molecule has 7 N–H and O–H groups in total. The number of hydrogen-bond donors (Lipinski definition) is 4. The van der Waals surface area contributed by atoms with Gasteiger partial charge in [0, 0.05) is 98.8 Å². The molecule has 1 aliphatic rings. The SMILES string of the molecule is CC(O)CN1CCN(CC(=O)O)CCN(CC(=O)O)CCN(CC(=O)O)CC1.[Gd].[OH3+]. The fourth-order valence-electron chi connectivity index (χ4n) is 3.18. The van der Waals surface area contributed by atoms with E-state index in [1.54, 1.807) is 21.6 Å². The number of aliphatic carboxylic acids is 3. The van der Waals surface area contributed by atoms with Crippen LogP contribution in [0.15, 0.2) is 0 Å². The molecule has 1 unspecified atom stereocenters. The average Bonchev–Trinajstić information content (AvgIpc) is 2.55. The summed E-state index contributed by atoms with van der Waals surface area (Å²) >= 11 is 0. The molecule has 0 spiro atoms. The Kier molecular flexibility index (Phi) is 18.1. The van der Waals surface area contributed by atoms with Crippen LogP contribution in [-0.4, -0.2) is 143 Å². The van der Waals surface area contributed by atoms with Gasteiger partial charge in [-0.2, -0.15) is 0 Å². The Balaban J connectivity index is 0. The van der Waals surface area contributed by atoms with Crippen LogP contribution in [0.25, 0.3) is 0 Å². The minimum Gasteiger partial charge on any atom is -0.480 e. The third kappa shape index (κ3) is 15.3. The third-order valence-corrected chi connectivity index (χ3v) is 4.53. The smallest absolute Gasteiger partial charge is 0.317 e. The van der Waals surface area contributed by atoms with Gasteiger partial charge in [-0.05, 0) is 6.92 Å². The van der Waals surface area contributed by atoms with Crippen LogP contribution < -0.4 is 0 Å². The minimum absolute atomic E-state index is 0. The van der Waals surface area contributed by atoms with Crippen molar-refractivity contribution in [3.8, 4) is 0 Å². The second-order valence-electron chi connectivity index (χ2n) is 7.16. The van der Waals surface area contributed by atoms with Crippen molar-refractivity contribution in [2.45, 2.75) is 13.0 Å². The molecule has 0 radical (unpaired) electrons. The Bertz CT molecular complexity index is 494. The Morgan fingerprint density at radius 1 is 0.667 bits per heavy atom. The van der Waals surface area contributed by atoms with E-state index in [-0.39, 0.29) is 65.1 Å². The van der Waals surface area contributed by atoms with E-state index in [1.807, 2.05) is 4.90 Å². The molecule has 0 amide bonds. The molecule has 1 heterocycles. The predicted octanol–water partition coefficient (Wildman–Crippen LogP) is -3.08. The Hall–Kier alpha value is -0.505. The monoisotopic (exact) mass is 581 g/mol. The van der Waals surface area contributed by atoms with Crippen molar-refractivity contribution in [3.63, 3.8) is 0 Å². The van der Waals surface area contributed by atoms with E-state index < -0.39 is 24.0 Å². The molecule has 13 heteroatoms. The van der Waals surface area contributed by atoms with Gasteiger partial charge in [-0.1, -0.05) is 0 Å². The summed E-state index contributed by atoms with van der Waals surface area (Å²) in [4.78, 5) is 40.6. The van der Waals surface area contributed by atoms with Crippen LogP contribution >= 0.6 is 0 Å². The predicted molar refractivity (Wildman–Crippen MR) is 105 cm³/mol. The molecule has 0 saturated carbocycles. The van der Waals surface area contributed by atoms with E-state index in [0.29, 0.717) is 58.9 Å². The first-order valence-corrected chi connectivity index (χ1v) is 9.38. The van der Waals surface area contributed by atoms with Crippen molar-refractivity contribution in [3.05, 3.63) is 0 Å². The van der Waals surface area contributed by atoms with Crippen LogP contribution in [0.5, 0.6) is 0 Å². The van der Waals surface area contributed by atoms with E-state index in [0.717, 1.165) is 0 Å². The normalized spacial score (nSPS) is 19.4. The number of rotatable bonds is 8. The summed E-state index contributed by atoms with van der Waals surface area (Å²) in [5.41, 5.74) is 0. The Morgan fingerprint density at radius 2 is 0.900 bits per heavy atom. The van der Waals surface area contributed by atoms with Gasteiger partial charge in [-0.3, -0.25) is 34.0 Å². The van der Waals surface area contributed by atoms with Gasteiger partial charge in [0.1, 0.15) is 0 Å². The molecule has 1 fully saturated rings. The van der Waals surface area contributed by atoms with E-state index in [2.05, 4.69) is 0 Å². The zero-order valence-electron chi connectivity index (χ0n) is 17.3. The summed E-state index contributed by atoms with van der Waals surface area (Å²) in [6.07, 6.45) is -0.556. The molecular formula is C17H35GdN4O8+. The van der Waals surface area contributed by atoms with E-state index in [4.69, 9.17) is 15.3 Å². The topological polar surface area (TPSA) is 178 Å². The van der Waals surface area contributed by atoms with Crippen molar-refractivity contribution in [1.29, 1.82) is 0 Å². The number of aliphatic hydroxyl groups excluding tert-OH is 1. The van der Waals surface area contributed by atoms with Crippen molar-refractivity contribution in [2.24, 2.45) is 0 Å². The molecule has 1 atom stereocenters. The molecule has 12 nitrogen and oxygen atoms in total. The summed E-state index contributed by atoms with van der Waals surface area (Å²) in [5, 5.41) is 37.1. The molecule has 0 aromatic carbocycles. The first-order chi connectivity index (χ1) is 13.2. The van der Waals surface area contributed by atoms with Crippen molar-refractivity contribution in [2.75, 3.05) is 78.5 Å². The van der Waals surface area contributed by atoms with Crippen LogP contribution in [0.4, 0.5) is 0 Å². The molecule has 0 bridgehead atoms. The second-order valence-corrected chi connectivity index (χ2v) is 7.16. The van der Waals surface area contributed by atoms with Crippen molar-refractivity contribution in [1.82, 2.24) is 19.6 Å². The maximum Gasteiger partial charge on any atom is 0.317 e. The summed E-state index contributed by atoms with van der Waals surface area (Å²) in [7, 11) is 0. The van der Waals surface area contributed by atoms with Gasteiger partial charge in [-0.15, -0.1) is 0 Å². The van der Waals surface area contributed by atoms with E-state index in [9.17, 15) is 19.5 Å². The van der Waals surface area contributed by atoms with Crippen molar-refractivity contribution >= 4 is 17.9 Å². The van der Waals surface area contributed by atoms with Gasteiger partial charge in [0.05, 0.1) is 25.7 Å². The van der Waals surface area contributed by atoms with Gasteiger partial charge >= 0.3 is 17.9 Å². The van der Waals surface area contributed by atoms with Crippen LogP contribution in [0.3, 0.4) is 0 Å². The number of β-amino-alcohol motifs (C(OH)–C–C–N with tert-alkyl or cyclic N) is 1. The fourth-order valence-corrected chi connectivity index (χ4v) is 3.18. The van der Waals surface area contributed by atoms with Crippen LogP contribution in [0.1, 0.15) is 6.92 Å². The molecule has 0 aromatic heterocycles. The van der Waals surface area contributed by atoms with Crippen LogP contribution in [-0.2, 0) is 19.9 Å². The molecule has 1 aliphatic heterocycles. The molecule has 1 saturated heterocycles. The molecule has 0 aromatic rings. The summed E-state index contributed by atoms with van der Waals surface area (Å²) < 4.78 is 0. The zero-order chi connectivity index (χ0) is 21.1. The molecule has 178 valence electrons. The van der Waals surface area contributed by atoms with Crippen LogP contribution in [0.2, 0.25) is 0 Å². The molecule has 30 heavy (non-hydrogen) atoms. The number of hydrogen-bond acceptors (Lipinski definition) is 8. The summed E-state index contributed by atoms with van der Waals surface area (Å²) in [6, 6.07) is 0. The van der Waals surface area contributed by atoms with Gasteiger partial charge < -0.3 is 25.9 Å². The Morgan fingerprint density at radius 3 is 1.10 bits per heavy atom. The number of carbonyl (C=O) groups is 3. The third-order valence-electron chi connectivity index (χ3n) is 4.53. The minimum atomic E-state index is -0.982. The van der Waals surface area contributed by atoms with Crippen LogP contribution in [0, 0.1) is 39.9 Å². The average molecular weight is 581 g/mol. The maximum atomic E-state index is 11.1. The van der Waals surface area contributed by atoms with Gasteiger partial charge in [0.25, 0.3) is 0 Å². The molecule has 0 aliphatic carbocycles. The number of carboxylic acids is 3. The number of nitrogens with zero attached hydrogens (tertiary/aromatic N) is 4.